The molecule has 0 heterocycles. The average Bonchev–Trinajstić information content (AvgIpc) is 3.20. The predicted molar refractivity (Wildman–Crippen MR) is 69.8 cm³/mol. The number of alkyl halides is 3. The minimum Gasteiger partial charge on any atom is -0.468 e. The fourth-order valence-electron chi connectivity index (χ4n) is 2.90. The Balaban J connectivity index is 1.91. The van der Waals surface area contributed by atoms with E-state index in [-0.39, 0.29) is 18.7 Å². The van der Waals surface area contributed by atoms with Crippen LogP contribution in [0, 0.1) is 0 Å². The molecule has 0 aromatic heterocycles. The molecule has 0 amide bonds. The Morgan fingerprint density at radius 2 is 2.05 bits per heavy atom. The summed E-state index contributed by atoms with van der Waals surface area (Å²) in [7, 11) is 1.34. The number of carbonyl (C=O) groups is 1. The highest BCUT2D eigenvalue weighted by Gasteiger charge is 2.47. The maximum absolute atomic E-state index is 12.2. The van der Waals surface area contributed by atoms with Crippen molar-refractivity contribution in [1.82, 2.24) is 5.32 Å². The molecular formula is C14H22F3NO3. The number of halogens is 3. The molecule has 2 aliphatic rings. The molecule has 0 spiro atoms. The van der Waals surface area contributed by atoms with Gasteiger partial charge in [0.25, 0.3) is 0 Å². The van der Waals surface area contributed by atoms with E-state index in [1.807, 2.05) is 0 Å². The number of ether oxygens (including phenoxy) is 2. The molecule has 2 unspecified atom stereocenters. The second-order valence-electron chi connectivity index (χ2n) is 5.95. The zero-order valence-electron chi connectivity index (χ0n) is 12.2. The molecule has 0 saturated heterocycles. The summed E-state index contributed by atoms with van der Waals surface area (Å²) >= 11 is 0. The average molecular weight is 309 g/mol. The molecule has 7 heteroatoms. The Morgan fingerprint density at radius 3 is 2.62 bits per heavy atom. The second kappa shape index (κ2) is 6.52. The van der Waals surface area contributed by atoms with E-state index in [9.17, 15) is 18.0 Å². The van der Waals surface area contributed by atoms with Crippen LogP contribution in [-0.2, 0) is 14.3 Å². The van der Waals surface area contributed by atoms with Crippen LogP contribution < -0.4 is 5.32 Å². The highest BCUT2D eigenvalue weighted by molar-refractivity contribution is 5.81. The van der Waals surface area contributed by atoms with Gasteiger partial charge in [0.15, 0.2) is 0 Å². The van der Waals surface area contributed by atoms with Crippen molar-refractivity contribution in [3.8, 4) is 0 Å². The number of carbonyl (C=O) groups excluding carboxylic acids is 1. The van der Waals surface area contributed by atoms with E-state index in [2.05, 4.69) is 5.32 Å². The van der Waals surface area contributed by atoms with Crippen LogP contribution in [0.2, 0.25) is 0 Å². The molecule has 0 aromatic carbocycles. The van der Waals surface area contributed by atoms with Crippen LogP contribution in [-0.4, -0.2) is 43.5 Å². The molecule has 2 fully saturated rings. The minimum atomic E-state index is -4.21. The molecule has 1 N–H and O–H groups in total. The van der Waals surface area contributed by atoms with Gasteiger partial charge in [-0.3, -0.25) is 10.1 Å². The van der Waals surface area contributed by atoms with E-state index in [1.54, 1.807) is 0 Å². The molecule has 2 saturated carbocycles. The van der Waals surface area contributed by atoms with Crippen molar-refractivity contribution in [3.05, 3.63) is 0 Å². The van der Waals surface area contributed by atoms with E-state index in [1.165, 1.54) is 7.11 Å². The lowest BCUT2D eigenvalue weighted by Crippen LogP contribution is -2.57. The number of hydrogen-bond acceptors (Lipinski definition) is 4. The van der Waals surface area contributed by atoms with Crippen LogP contribution >= 0.6 is 0 Å². The third kappa shape index (κ3) is 4.85. The Bertz CT molecular complexity index is 371. The van der Waals surface area contributed by atoms with E-state index in [4.69, 9.17) is 9.47 Å². The molecule has 0 aromatic rings. The SMILES string of the molecule is COC(=O)C1(NC2CC2)CCCC(OCCC(F)(F)F)C1. The van der Waals surface area contributed by atoms with Crippen LogP contribution in [0.15, 0.2) is 0 Å². The van der Waals surface area contributed by atoms with Crippen molar-refractivity contribution in [2.45, 2.75) is 68.8 Å². The fourth-order valence-corrected chi connectivity index (χ4v) is 2.90. The number of nitrogens with one attached hydrogen (secondary N) is 1. The highest BCUT2D eigenvalue weighted by atomic mass is 19.4. The van der Waals surface area contributed by atoms with Crippen molar-refractivity contribution in [2.75, 3.05) is 13.7 Å². The molecule has 0 aliphatic heterocycles. The molecular weight excluding hydrogens is 287 g/mol. The smallest absolute Gasteiger partial charge is 0.391 e. The standard InChI is InChI=1S/C14H22F3NO3/c1-20-12(19)13(18-10-4-5-10)6-2-3-11(9-13)21-8-7-14(15,16)17/h10-11,18H,2-9H2,1H3. The lowest BCUT2D eigenvalue weighted by molar-refractivity contribution is -0.159. The van der Waals surface area contributed by atoms with Gasteiger partial charge in [0.1, 0.15) is 5.54 Å². The minimum absolute atomic E-state index is 0.318. The monoisotopic (exact) mass is 309 g/mol. The lowest BCUT2D eigenvalue weighted by Gasteiger charge is -2.39. The summed E-state index contributed by atoms with van der Waals surface area (Å²) < 4.78 is 46.7. The molecule has 122 valence electrons. The molecule has 4 nitrogen and oxygen atoms in total. The number of hydrogen-bond donors (Lipinski definition) is 1. The summed E-state index contributed by atoms with van der Waals surface area (Å²) in [6.45, 7) is -0.352. The largest absolute Gasteiger partial charge is 0.468 e. The number of esters is 1. The maximum Gasteiger partial charge on any atom is 0.391 e. The summed E-state index contributed by atoms with van der Waals surface area (Å²) in [5, 5.41) is 3.32. The van der Waals surface area contributed by atoms with Gasteiger partial charge in [0.05, 0.1) is 26.2 Å². The molecule has 0 bridgehead atoms. The first kappa shape index (κ1) is 16.5. The second-order valence-corrected chi connectivity index (χ2v) is 5.95. The van der Waals surface area contributed by atoms with Gasteiger partial charge in [-0.25, -0.2) is 0 Å². The Labute approximate surface area is 122 Å². The van der Waals surface area contributed by atoms with Crippen LogP contribution in [0.1, 0.15) is 44.9 Å². The van der Waals surface area contributed by atoms with Crippen LogP contribution in [0.5, 0.6) is 0 Å². The third-order valence-electron chi connectivity index (χ3n) is 4.08. The van der Waals surface area contributed by atoms with Crippen molar-refractivity contribution in [1.29, 1.82) is 0 Å². The van der Waals surface area contributed by atoms with E-state index >= 15 is 0 Å². The van der Waals surface area contributed by atoms with Crippen molar-refractivity contribution in [3.63, 3.8) is 0 Å². The molecule has 0 radical (unpaired) electrons. The van der Waals surface area contributed by atoms with Crippen LogP contribution in [0.3, 0.4) is 0 Å². The van der Waals surface area contributed by atoms with Gasteiger partial charge < -0.3 is 9.47 Å². The fraction of sp³-hybridized carbons (Fsp3) is 0.929. The highest BCUT2D eigenvalue weighted by Crippen LogP contribution is 2.35. The van der Waals surface area contributed by atoms with Crippen molar-refractivity contribution in [2.24, 2.45) is 0 Å². The molecule has 2 atom stereocenters. The summed E-state index contributed by atoms with van der Waals surface area (Å²) in [4.78, 5) is 12.1. The summed E-state index contributed by atoms with van der Waals surface area (Å²) in [6, 6.07) is 0.318. The van der Waals surface area contributed by atoms with E-state index in [0.29, 0.717) is 25.3 Å². The van der Waals surface area contributed by atoms with Crippen molar-refractivity contribution < 1.29 is 27.4 Å². The van der Waals surface area contributed by atoms with Crippen LogP contribution in [0.4, 0.5) is 13.2 Å². The Kier molecular flexibility index (Phi) is 5.14. The maximum atomic E-state index is 12.2. The zero-order valence-corrected chi connectivity index (χ0v) is 12.2. The first-order valence-electron chi connectivity index (χ1n) is 7.39. The summed E-state index contributed by atoms with van der Waals surface area (Å²) in [5.74, 6) is -0.335. The topological polar surface area (TPSA) is 47.6 Å². The van der Waals surface area contributed by atoms with Gasteiger partial charge in [0, 0.05) is 12.5 Å². The van der Waals surface area contributed by atoms with Gasteiger partial charge in [-0.15, -0.1) is 0 Å². The normalized spacial score (nSPS) is 30.2. The molecule has 21 heavy (non-hydrogen) atoms. The van der Waals surface area contributed by atoms with Gasteiger partial charge in [-0.1, -0.05) is 0 Å². The number of rotatable bonds is 6. The summed E-state index contributed by atoms with van der Waals surface area (Å²) in [6.07, 6.45) is -0.981. The Morgan fingerprint density at radius 1 is 1.33 bits per heavy atom. The molecule has 2 rings (SSSR count). The van der Waals surface area contributed by atoms with E-state index < -0.39 is 18.1 Å². The van der Waals surface area contributed by atoms with Gasteiger partial charge in [-0.2, -0.15) is 13.2 Å². The Hall–Kier alpha value is -0.820. The van der Waals surface area contributed by atoms with E-state index in [0.717, 1.165) is 19.3 Å². The summed E-state index contributed by atoms with van der Waals surface area (Å²) in [5.41, 5.74) is -0.795. The molecule has 2 aliphatic carbocycles. The quantitative estimate of drug-likeness (QED) is 0.766. The first-order chi connectivity index (χ1) is 9.85. The van der Waals surface area contributed by atoms with Gasteiger partial charge in [-0.05, 0) is 32.1 Å². The zero-order chi connectivity index (χ0) is 15.5. The first-order valence-corrected chi connectivity index (χ1v) is 7.39. The van der Waals surface area contributed by atoms with Crippen LogP contribution in [0.25, 0.3) is 0 Å². The van der Waals surface area contributed by atoms with Gasteiger partial charge >= 0.3 is 12.1 Å². The predicted octanol–water partition coefficient (Wildman–Crippen LogP) is 2.56. The van der Waals surface area contributed by atoms with Crippen molar-refractivity contribution >= 4 is 5.97 Å². The third-order valence-corrected chi connectivity index (χ3v) is 4.08. The number of methoxy groups -OCH3 is 1. The van der Waals surface area contributed by atoms with Gasteiger partial charge in [0.2, 0.25) is 0 Å². The lowest BCUT2D eigenvalue weighted by atomic mass is 9.79.